The van der Waals surface area contributed by atoms with Crippen LogP contribution in [0.25, 0.3) is 0 Å². The standard InChI is InChI=1S/C11H20N2O2/c1-10(2,3)15-9(14)13-7-5-11(8-13)4-6-12-11/h12H,4-8H2,1-3H3/p+1/t11-/m0/s1. The molecule has 15 heavy (non-hydrogen) atoms. The van der Waals surface area contributed by atoms with Gasteiger partial charge in [0.25, 0.3) is 0 Å². The average Bonchev–Trinajstić information content (AvgIpc) is 2.43. The highest BCUT2D eigenvalue weighted by Crippen LogP contribution is 2.25. The van der Waals surface area contributed by atoms with Crippen LogP contribution >= 0.6 is 0 Å². The zero-order valence-electron chi connectivity index (χ0n) is 9.88. The number of nitrogens with two attached hydrogens (primary N) is 1. The molecule has 2 fully saturated rings. The highest BCUT2D eigenvalue weighted by Gasteiger charge is 2.49. The Morgan fingerprint density at radius 1 is 1.40 bits per heavy atom. The van der Waals surface area contributed by atoms with E-state index >= 15 is 0 Å². The second-order valence-electron chi connectivity index (χ2n) is 5.76. The molecule has 0 saturated carbocycles. The maximum atomic E-state index is 11.8. The number of rotatable bonds is 0. The molecule has 2 rings (SSSR count). The summed E-state index contributed by atoms with van der Waals surface area (Å²) in [6, 6.07) is 0. The van der Waals surface area contributed by atoms with Crippen LogP contribution in [0.3, 0.4) is 0 Å². The molecule has 0 radical (unpaired) electrons. The molecule has 1 spiro atoms. The molecule has 0 aromatic carbocycles. The van der Waals surface area contributed by atoms with E-state index < -0.39 is 0 Å². The molecule has 0 aromatic rings. The van der Waals surface area contributed by atoms with Crippen LogP contribution in [0.15, 0.2) is 0 Å². The second-order valence-corrected chi connectivity index (χ2v) is 5.76. The van der Waals surface area contributed by atoms with E-state index in [0.717, 1.165) is 19.5 Å². The molecular formula is C11H21N2O2+. The number of carbonyl (C=O) groups is 1. The summed E-state index contributed by atoms with van der Waals surface area (Å²) in [6.45, 7) is 8.65. The third-order valence-electron chi connectivity index (χ3n) is 3.26. The number of carbonyl (C=O) groups excluding carboxylic acids is 1. The van der Waals surface area contributed by atoms with Gasteiger partial charge in [0.15, 0.2) is 0 Å². The zero-order chi connectivity index (χ0) is 11.1. The summed E-state index contributed by atoms with van der Waals surface area (Å²) >= 11 is 0. The van der Waals surface area contributed by atoms with Gasteiger partial charge in [0.2, 0.25) is 0 Å². The first-order valence-electron chi connectivity index (χ1n) is 5.73. The second kappa shape index (κ2) is 3.37. The Balaban J connectivity index is 1.88. The largest absolute Gasteiger partial charge is 0.444 e. The molecule has 4 heteroatoms. The van der Waals surface area contributed by atoms with Gasteiger partial charge < -0.3 is 15.0 Å². The Morgan fingerprint density at radius 2 is 2.07 bits per heavy atom. The SMILES string of the molecule is CC(C)(C)OC(=O)N1CC[C@@]2(CC[NH2+]2)C1. The number of likely N-dealkylation sites (tertiary alicyclic amines) is 1. The number of hydrogen-bond acceptors (Lipinski definition) is 2. The highest BCUT2D eigenvalue weighted by molar-refractivity contribution is 5.68. The van der Waals surface area contributed by atoms with Crippen molar-refractivity contribution in [3.05, 3.63) is 0 Å². The van der Waals surface area contributed by atoms with Gasteiger partial charge in [-0.05, 0) is 20.8 Å². The van der Waals surface area contributed by atoms with E-state index in [9.17, 15) is 4.79 Å². The number of hydrogen-bond donors (Lipinski definition) is 1. The summed E-state index contributed by atoms with van der Waals surface area (Å²) in [6.07, 6.45) is 2.21. The lowest BCUT2D eigenvalue weighted by atomic mass is 9.87. The van der Waals surface area contributed by atoms with E-state index in [2.05, 4.69) is 5.32 Å². The number of nitrogens with zero attached hydrogens (tertiary/aromatic N) is 1. The van der Waals surface area contributed by atoms with Gasteiger partial charge >= 0.3 is 6.09 Å². The third-order valence-corrected chi connectivity index (χ3v) is 3.26. The predicted molar refractivity (Wildman–Crippen MR) is 56.6 cm³/mol. The van der Waals surface area contributed by atoms with Gasteiger partial charge in [-0.1, -0.05) is 0 Å². The summed E-state index contributed by atoms with van der Waals surface area (Å²) in [4.78, 5) is 13.6. The molecule has 2 saturated heterocycles. The van der Waals surface area contributed by atoms with Gasteiger partial charge in [-0.15, -0.1) is 0 Å². The third kappa shape index (κ3) is 2.25. The number of quaternary nitrogens is 1. The fourth-order valence-corrected chi connectivity index (χ4v) is 2.30. The van der Waals surface area contributed by atoms with Gasteiger partial charge in [-0.2, -0.15) is 0 Å². The molecule has 86 valence electrons. The van der Waals surface area contributed by atoms with Gasteiger partial charge in [-0.25, -0.2) is 4.79 Å². The normalized spacial score (nSPS) is 30.5. The monoisotopic (exact) mass is 213 g/mol. The first-order chi connectivity index (χ1) is 6.90. The van der Waals surface area contributed by atoms with Crippen molar-refractivity contribution >= 4 is 6.09 Å². The fraction of sp³-hybridized carbons (Fsp3) is 0.909. The van der Waals surface area contributed by atoms with Crippen molar-refractivity contribution in [1.82, 2.24) is 4.90 Å². The predicted octanol–water partition coefficient (Wildman–Crippen LogP) is 0.333. The molecule has 2 heterocycles. The van der Waals surface area contributed by atoms with E-state index in [0.29, 0.717) is 5.54 Å². The molecule has 1 amide bonds. The van der Waals surface area contributed by atoms with Crippen molar-refractivity contribution in [2.45, 2.75) is 44.8 Å². The van der Waals surface area contributed by atoms with E-state index in [1.807, 2.05) is 25.7 Å². The molecular weight excluding hydrogens is 192 g/mol. The highest BCUT2D eigenvalue weighted by atomic mass is 16.6. The minimum absolute atomic E-state index is 0.153. The van der Waals surface area contributed by atoms with E-state index in [4.69, 9.17) is 4.74 Å². The lowest BCUT2D eigenvalue weighted by molar-refractivity contribution is -0.780. The van der Waals surface area contributed by atoms with Crippen LogP contribution in [0.4, 0.5) is 4.79 Å². The van der Waals surface area contributed by atoms with E-state index in [1.54, 1.807) is 0 Å². The lowest BCUT2D eigenvalue weighted by Crippen LogP contribution is -3.06. The first-order valence-corrected chi connectivity index (χ1v) is 5.73. The van der Waals surface area contributed by atoms with Gasteiger partial charge in [0, 0.05) is 13.0 Å². The van der Waals surface area contributed by atoms with Crippen LogP contribution in [0.1, 0.15) is 33.6 Å². The quantitative estimate of drug-likeness (QED) is 0.630. The molecule has 0 aromatic heterocycles. The Bertz CT molecular complexity index is 266. The summed E-state index contributed by atoms with van der Waals surface area (Å²) < 4.78 is 5.36. The van der Waals surface area contributed by atoms with Gasteiger partial charge in [0.05, 0.1) is 19.5 Å². The summed E-state index contributed by atoms with van der Waals surface area (Å²) in [5.41, 5.74) is -0.0347. The van der Waals surface area contributed by atoms with Crippen molar-refractivity contribution < 1.29 is 14.8 Å². The van der Waals surface area contributed by atoms with E-state index in [1.165, 1.54) is 13.0 Å². The van der Waals surface area contributed by atoms with Crippen LogP contribution < -0.4 is 5.32 Å². The van der Waals surface area contributed by atoms with Gasteiger partial charge in [-0.3, -0.25) is 0 Å². The zero-order valence-corrected chi connectivity index (χ0v) is 9.88. The first kappa shape index (κ1) is 10.7. The maximum absolute atomic E-state index is 11.8. The molecule has 2 N–H and O–H groups in total. The molecule has 4 nitrogen and oxygen atoms in total. The minimum atomic E-state index is -0.379. The molecule has 1 atom stereocenters. The molecule has 2 aliphatic rings. The van der Waals surface area contributed by atoms with Crippen molar-refractivity contribution in [3.63, 3.8) is 0 Å². The van der Waals surface area contributed by atoms with Crippen LogP contribution in [-0.4, -0.2) is 41.8 Å². The van der Waals surface area contributed by atoms with Crippen LogP contribution in [0.2, 0.25) is 0 Å². The van der Waals surface area contributed by atoms with Crippen molar-refractivity contribution in [3.8, 4) is 0 Å². The number of ether oxygens (including phenoxy) is 1. The maximum Gasteiger partial charge on any atom is 0.410 e. The Hall–Kier alpha value is -0.770. The van der Waals surface area contributed by atoms with Crippen LogP contribution in [0, 0.1) is 0 Å². The Labute approximate surface area is 91.0 Å². The Kier molecular flexibility index (Phi) is 2.41. The average molecular weight is 213 g/mol. The Morgan fingerprint density at radius 3 is 2.47 bits per heavy atom. The topological polar surface area (TPSA) is 46.1 Å². The molecule has 0 bridgehead atoms. The molecule has 2 aliphatic heterocycles. The van der Waals surface area contributed by atoms with E-state index in [-0.39, 0.29) is 11.7 Å². The smallest absolute Gasteiger partial charge is 0.410 e. The van der Waals surface area contributed by atoms with Crippen molar-refractivity contribution in [2.24, 2.45) is 0 Å². The minimum Gasteiger partial charge on any atom is -0.444 e. The molecule has 0 unspecified atom stereocenters. The summed E-state index contributed by atoms with van der Waals surface area (Å²) in [5.74, 6) is 0. The number of amides is 1. The fourth-order valence-electron chi connectivity index (χ4n) is 2.30. The summed E-state index contributed by atoms with van der Waals surface area (Å²) in [7, 11) is 0. The van der Waals surface area contributed by atoms with Gasteiger partial charge in [0.1, 0.15) is 11.1 Å². The van der Waals surface area contributed by atoms with Crippen LogP contribution in [-0.2, 0) is 4.74 Å². The van der Waals surface area contributed by atoms with Crippen molar-refractivity contribution in [1.29, 1.82) is 0 Å². The molecule has 0 aliphatic carbocycles. The summed E-state index contributed by atoms with van der Waals surface area (Å²) in [5, 5.41) is 2.36. The lowest BCUT2D eigenvalue weighted by Gasteiger charge is -2.35. The van der Waals surface area contributed by atoms with Crippen molar-refractivity contribution in [2.75, 3.05) is 19.6 Å². The van der Waals surface area contributed by atoms with Crippen LogP contribution in [0.5, 0.6) is 0 Å².